The molecule has 0 aliphatic heterocycles. The number of nitrogens with zero attached hydrogens (tertiary/aromatic N) is 3. The predicted molar refractivity (Wildman–Crippen MR) is 117 cm³/mol. The number of hydrogen-bond donors (Lipinski definition) is 1. The monoisotopic (exact) mass is 464 g/mol. The van der Waals surface area contributed by atoms with Crippen LogP contribution >= 0.6 is 11.3 Å². The van der Waals surface area contributed by atoms with Crippen LogP contribution in [-0.2, 0) is 16.6 Å². The molecule has 0 bridgehead atoms. The van der Waals surface area contributed by atoms with E-state index < -0.39 is 15.9 Å². The van der Waals surface area contributed by atoms with E-state index in [1.807, 2.05) is 0 Å². The van der Waals surface area contributed by atoms with E-state index in [9.17, 15) is 13.2 Å². The van der Waals surface area contributed by atoms with E-state index in [2.05, 4.69) is 29.4 Å². The van der Waals surface area contributed by atoms with Gasteiger partial charge in [0.1, 0.15) is 11.5 Å². The molecule has 2 aromatic heterocycles. The number of nitrogens with one attached hydrogen (secondary N) is 1. The molecule has 0 saturated heterocycles. The van der Waals surface area contributed by atoms with Crippen LogP contribution in [-0.4, -0.2) is 42.0 Å². The fraction of sp³-hybridized carbons (Fsp3) is 0.350. The van der Waals surface area contributed by atoms with Crippen LogP contribution in [0.2, 0.25) is 0 Å². The van der Waals surface area contributed by atoms with Gasteiger partial charge in [-0.25, -0.2) is 8.42 Å². The Kier molecular flexibility index (Phi) is 7.42. The lowest BCUT2D eigenvalue weighted by molar-refractivity contribution is 0.102. The Bertz CT molecular complexity index is 1090. The van der Waals surface area contributed by atoms with Gasteiger partial charge in [-0.15, -0.1) is 10.2 Å². The zero-order valence-electron chi connectivity index (χ0n) is 17.4. The first kappa shape index (κ1) is 22.9. The van der Waals surface area contributed by atoms with E-state index in [0.29, 0.717) is 29.6 Å². The highest BCUT2D eigenvalue weighted by Gasteiger charge is 2.28. The number of ether oxygens (including phenoxy) is 1. The van der Waals surface area contributed by atoms with Gasteiger partial charge in [0.15, 0.2) is 0 Å². The fourth-order valence-corrected chi connectivity index (χ4v) is 5.00. The summed E-state index contributed by atoms with van der Waals surface area (Å²) in [6.07, 6.45) is 1.48. The zero-order valence-corrected chi connectivity index (χ0v) is 19.1. The average molecular weight is 465 g/mol. The number of amides is 1. The summed E-state index contributed by atoms with van der Waals surface area (Å²) >= 11 is 0.795. The van der Waals surface area contributed by atoms with Gasteiger partial charge >= 0.3 is 0 Å². The minimum absolute atomic E-state index is 0.0817. The summed E-state index contributed by atoms with van der Waals surface area (Å²) in [7, 11) is -3.88. The summed E-state index contributed by atoms with van der Waals surface area (Å²) in [6.45, 7) is 6.72. The maximum atomic E-state index is 12.9. The van der Waals surface area contributed by atoms with Gasteiger partial charge in [0, 0.05) is 12.1 Å². The summed E-state index contributed by atoms with van der Waals surface area (Å²) in [5.74, 6) is 1.17. The Morgan fingerprint density at radius 3 is 2.58 bits per heavy atom. The summed E-state index contributed by atoms with van der Waals surface area (Å²) in [6, 6.07) is 10.1. The SMILES string of the molecule is CCN(Cc1ccco1)S(=O)(=O)c1nnc(NC(=O)c2ccc(OCC(C)C)cc2)s1. The van der Waals surface area contributed by atoms with E-state index in [0.717, 1.165) is 11.3 Å². The third-order valence-corrected chi connectivity index (χ3v) is 7.26. The molecule has 3 aromatic rings. The minimum atomic E-state index is -3.88. The molecular formula is C20H24N4O5S2. The van der Waals surface area contributed by atoms with Crippen molar-refractivity contribution in [1.82, 2.24) is 14.5 Å². The summed E-state index contributed by atoms with van der Waals surface area (Å²) in [5, 5.41) is 10.3. The number of carbonyl (C=O) groups is 1. The Balaban J connectivity index is 1.66. The highest BCUT2D eigenvalue weighted by molar-refractivity contribution is 7.91. The first-order valence-corrected chi connectivity index (χ1v) is 12.0. The second kappa shape index (κ2) is 10.0. The molecule has 1 amide bonds. The van der Waals surface area contributed by atoms with Gasteiger partial charge in [0.25, 0.3) is 15.9 Å². The molecule has 0 unspecified atom stereocenters. The third kappa shape index (κ3) is 5.90. The highest BCUT2D eigenvalue weighted by atomic mass is 32.2. The molecule has 166 valence electrons. The molecule has 0 radical (unpaired) electrons. The number of rotatable bonds is 10. The number of benzene rings is 1. The van der Waals surface area contributed by atoms with Gasteiger partial charge in [-0.2, -0.15) is 4.31 Å². The number of aromatic nitrogens is 2. The van der Waals surface area contributed by atoms with Crippen LogP contribution in [0, 0.1) is 5.92 Å². The molecule has 0 saturated carbocycles. The molecule has 1 N–H and O–H groups in total. The van der Waals surface area contributed by atoms with Gasteiger partial charge in [0.2, 0.25) is 9.47 Å². The highest BCUT2D eigenvalue weighted by Crippen LogP contribution is 2.25. The number of anilines is 1. The van der Waals surface area contributed by atoms with E-state index >= 15 is 0 Å². The molecular weight excluding hydrogens is 440 g/mol. The van der Waals surface area contributed by atoms with Crippen molar-refractivity contribution >= 4 is 32.4 Å². The fourth-order valence-electron chi connectivity index (χ4n) is 2.55. The van der Waals surface area contributed by atoms with Crippen LogP contribution in [0.15, 0.2) is 51.4 Å². The number of hydrogen-bond acceptors (Lipinski definition) is 8. The molecule has 3 rings (SSSR count). The normalized spacial score (nSPS) is 11.8. The van der Waals surface area contributed by atoms with Crippen LogP contribution in [0.1, 0.15) is 36.9 Å². The lowest BCUT2D eigenvalue weighted by atomic mass is 10.2. The van der Waals surface area contributed by atoms with E-state index in [4.69, 9.17) is 9.15 Å². The second-order valence-electron chi connectivity index (χ2n) is 7.07. The van der Waals surface area contributed by atoms with E-state index in [1.165, 1.54) is 10.6 Å². The maximum Gasteiger partial charge on any atom is 0.272 e. The van der Waals surface area contributed by atoms with Crippen molar-refractivity contribution in [2.75, 3.05) is 18.5 Å². The summed E-state index contributed by atoms with van der Waals surface area (Å²) in [4.78, 5) is 12.5. The lowest BCUT2D eigenvalue weighted by Gasteiger charge is -2.16. The van der Waals surface area contributed by atoms with Crippen LogP contribution in [0.25, 0.3) is 0 Å². The standard InChI is InChI=1S/C20H24N4O5S2/c1-4-24(12-17-6-5-11-28-17)31(26,27)20-23-22-19(30-20)21-18(25)15-7-9-16(10-8-15)29-13-14(2)3/h5-11,14H,4,12-13H2,1-3H3,(H,21,22,25). The van der Waals surface area contributed by atoms with Crippen LogP contribution in [0.4, 0.5) is 5.13 Å². The Morgan fingerprint density at radius 1 is 1.23 bits per heavy atom. The van der Waals surface area contributed by atoms with Gasteiger partial charge < -0.3 is 9.15 Å². The number of sulfonamides is 1. The predicted octanol–water partition coefficient (Wildman–Crippen LogP) is 3.63. The van der Waals surface area contributed by atoms with Crippen molar-refractivity contribution in [3.05, 3.63) is 54.0 Å². The molecule has 9 nitrogen and oxygen atoms in total. The summed E-state index contributed by atoms with van der Waals surface area (Å²) in [5.41, 5.74) is 0.393. The van der Waals surface area contributed by atoms with Crippen molar-refractivity contribution < 1.29 is 22.4 Å². The molecule has 0 aliphatic carbocycles. The molecule has 1 aromatic carbocycles. The summed E-state index contributed by atoms with van der Waals surface area (Å²) < 4.78 is 37.6. The minimum Gasteiger partial charge on any atom is -0.493 e. The largest absolute Gasteiger partial charge is 0.493 e. The van der Waals surface area contributed by atoms with Crippen molar-refractivity contribution in [2.45, 2.75) is 31.7 Å². The molecule has 0 atom stereocenters. The third-order valence-electron chi connectivity index (χ3n) is 4.15. The zero-order chi connectivity index (χ0) is 22.4. The number of furan rings is 1. The first-order chi connectivity index (χ1) is 14.8. The van der Waals surface area contributed by atoms with Gasteiger partial charge in [-0.05, 0) is 42.3 Å². The van der Waals surface area contributed by atoms with Crippen molar-refractivity contribution in [1.29, 1.82) is 0 Å². The van der Waals surface area contributed by atoms with Gasteiger partial charge in [-0.1, -0.05) is 32.1 Å². The molecule has 0 spiro atoms. The smallest absolute Gasteiger partial charge is 0.272 e. The molecule has 31 heavy (non-hydrogen) atoms. The van der Waals surface area contributed by atoms with Crippen LogP contribution < -0.4 is 10.1 Å². The molecule has 11 heteroatoms. The molecule has 0 aliphatic rings. The van der Waals surface area contributed by atoms with Crippen molar-refractivity contribution in [2.24, 2.45) is 5.92 Å². The second-order valence-corrected chi connectivity index (χ2v) is 10.2. The average Bonchev–Trinajstić information content (AvgIpc) is 3.43. The molecule has 2 heterocycles. The van der Waals surface area contributed by atoms with Crippen molar-refractivity contribution in [3.63, 3.8) is 0 Å². The van der Waals surface area contributed by atoms with Crippen LogP contribution in [0.5, 0.6) is 5.75 Å². The quantitative estimate of drug-likeness (QED) is 0.456. The van der Waals surface area contributed by atoms with Gasteiger partial charge in [-0.3, -0.25) is 10.1 Å². The topological polar surface area (TPSA) is 115 Å². The Labute approximate surface area is 185 Å². The number of carbonyl (C=O) groups excluding carboxylic acids is 1. The Morgan fingerprint density at radius 2 is 1.97 bits per heavy atom. The van der Waals surface area contributed by atoms with Crippen molar-refractivity contribution in [3.8, 4) is 5.75 Å². The Hall–Kier alpha value is -2.76. The van der Waals surface area contributed by atoms with Gasteiger partial charge in [0.05, 0.1) is 19.4 Å². The maximum absolute atomic E-state index is 12.9. The first-order valence-electron chi connectivity index (χ1n) is 9.70. The lowest BCUT2D eigenvalue weighted by Crippen LogP contribution is -2.30. The van der Waals surface area contributed by atoms with E-state index in [-0.39, 0.29) is 22.6 Å². The van der Waals surface area contributed by atoms with Crippen LogP contribution in [0.3, 0.4) is 0 Å². The molecule has 0 fully saturated rings. The van der Waals surface area contributed by atoms with E-state index in [1.54, 1.807) is 43.3 Å².